The van der Waals surface area contributed by atoms with Gasteiger partial charge in [-0.25, -0.2) is 0 Å². The van der Waals surface area contributed by atoms with Crippen molar-refractivity contribution in [3.05, 3.63) is 132 Å². The number of nitrogens with one attached hydrogen (secondary N) is 1. The number of ether oxygens (including phenoxy) is 1. The van der Waals surface area contributed by atoms with E-state index >= 15 is 0 Å². The maximum atomic E-state index is 14.0. The molecule has 0 aliphatic rings. The van der Waals surface area contributed by atoms with Crippen molar-refractivity contribution in [1.82, 2.24) is 0 Å². The summed E-state index contributed by atoms with van der Waals surface area (Å²) in [6.45, 7) is 0. The lowest BCUT2D eigenvalue weighted by Gasteiger charge is -2.34. The number of carbonyl (C=O) groups excluding carboxylic acids is 1. The third kappa shape index (κ3) is 5.29. The van der Waals surface area contributed by atoms with Crippen LogP contribution in [-0.2, 0) is 16.6 Å². The van der Waals surface area contributed by atoms with Crippen molar-refractivity contribution in [2.75, 3.05) is 5.32 Å². The van der Waals surface area contributed by atoms with Crippen LogP contribution in [0.25, 0.3) is 0 Å². The molecule has 0 fully saturated rings. The maximum absolute atomic E-state index is 14.0. The normalized spacial score (nSPS) is 11.6. The van der Waals surface area contributed by atoms with Crippen molar-refractivity contribution in [2.45, 2.75) is 18.2 Å². The van der Waals surface area contributed by atoms with Crippen LogP contribution in [0.1, 0.15) is 16.7 Å². The molecule has 0 aliphatic heterocycles. The van der Waals surface area contributed by atoms with Gasteiger partial charge in [0.25, 0.3) is 0 Å². The summed E-state index contributed by atoms with van der Waals surface area (Å²) >= 11 is 0. The van der Waals surface area contributed by atoms with Gasteiger partial charge in [-0.15, -0.1) is 13.2 Å². The van der Waals surface area contributed by atoms with E-state index in [0.29, 0.717) is 12.1 Å². The first-order chi connectivity index (χ1) is 16.4. The molecule has 0 atom stereocenters. The van der Waals surface area contributed by atoms with Gasteiger partial charge in [-0.1, -0.05) is 91.0 Å². The Balaban J connectivity index is 1.76. The first-order valence-corrected chi connectivity index (χ1v) is 10.7. The number of anilines is 1. The van der Waals surface area contributed by atoms with E-state index < -0.39 is 11.8 Å². The molecule has 0 heterocycles. The lowest BCUT2D eigenvalue weighted by Crippen LogP contribution is -2.43. The molecule has 4 rings (SSSR count). The van der Waals surface area contributed by atoms with E-state index in [9.17, 15) is 18.0 Å². The van der Waals surface area contributed by atoms with Crippen LogP contribution in [0.15, 0.2) is 115 Å². The number of halogens is 3. The highest BCUT2D eigenvalue weighted by Crippen LogP contribution is 2.37. The Labute approximate surface area is 195 Å². The number of hydrogen-bond donors (Lipinski definition) is 1. The standard InChI is InChI=1S/C28H22F3NO2/c29-28(30,31)34-25-18-16-24(17-19-25)32-26(33)27(22-12-6-2-7-13-22,23-14-8-3-9-15-23)20-21-10-4-1-5-11-21/h1-19H,20H2,(H,32,33). The van der Waals surface area contributed by atoms with Crippen LogP contribution in [0.2, 0.25) is 0 Å². The van der Waals surface area contributed by atoms with E-state index in [1.165, 1.54) is 24.3 Å². The average molecular weight is 461 g/mol. The van der Waals surface area contributed by atoms with Crippen molar-refractivity contribution < 1.29 is 22.7 Å². The smallest absolute Gasteiger partial charge is 0.406 e. The molecule has 172 valence electrons. The van der Waals surface area contributed by atoms with Gasteiger partial charge in [-0.2, -0.15) is 0 Å². The molecule has 0 unspecified atom stereocenters. The zero-order valence-electron chi connectivity index (χ0n) is 18.1. The summed E-state index contributed by atoms with van der Waals surface area (Å²) < 4.78 is 41.4. The highest BCUT2D eigenvalue weighted by molar-refractivity contribution is 6.02. The molecule has 4 aromatic carbocycles. The first-order valence-electron chi connectivity index (χ1n) is 10.7. The molecule has 3 nitrogen and oxygen atoms in total. The van der Waals surface area contributed by atoms with Crippen LogP contribution in [0, 0.1) is 0 Å². The molecule has 0 radical (unpaired) electrons. The van der Waals surface area contributed by atoms with Crippen LogP contribution in [0.4, 0.5) is 18.9 Å². The third-order valence-electron chi connectivity index (χ3n) is 5.58. The zero-order chi connectivity index (χ0) is 24.0. The van der Waals surface area contributed by atoms with E-state index in [-0.39, 0.29) is 11.7 Å². The molecule has 0 spiro atoms. The van der Waals surface area contributed by atoms with E-state index in [1.54, 1.807) is 0 Å². The minimum Gasteiger partial charge on any atom is -0.406 e. The van der Waals surface area contributed by atoms with Gasteiger partial charge in [0, 0.05) is 5.69 Å². The molecule has 0 saturated carbocycles. The van der Waals surface area contributed by atoms with Gasteiger partial charge in [0.05, 0.1) is 0 Å². The van der Waals surface area contributed by atoms with Gasteiger partial charge in [-0.3, -0.25) is 4.79 Å². The van der Waals surface area contributed by atoms with Gasteiger partial charge in [0.2, 0.25) is 5.91 Å². The Morgan fingerprint density at radius 1 is 0.676 bits per heavy atom. The minimum absolute atomic E-state index is 0.293. The second-order valence-electron chi connectivity index (χ2n) is 7.83. The maximum Gasteiger partial charge on any atom is 0.573 e. The zero-order valence-corrected chi connectivity index (χ0v) is 18.1. The molecule has 34 heavy (non-hydrogen) atoms. The summed E-state index contributed by atoms with van der Waals surface area (Å²) in [6.07, 6.45) is -4.39. The number of amides is 1. The van der Waals surface area contributed by atoms with E-state index in [4.69, 9.17) is 0 Å². The fraction of sp³-hybridized carbons (Fsp3) is 0.107. The lowest BCUT2D eigenvalue weighted by atomic mass is 9.69. The molecule has 4 aromatic rings. The van der Waals surface area contributed by atoms with E-state index in [1.807, 2.05) is 91.0 Å². The molecule has 0 bridgehead atoms. The Morgan fingerprint density at radius 2 is 1.15 bits per heavy atom. The predicted octanol–water partition coefficient (Wildman–Crippen LogP) is 6.75. The summed E-state index contributed by atoms with van der Waals surface area (Å²) in [5.74, 6) is -0.648. The Hall–Kier alpha value is -4.06. The summed E-state index contributed by atoms with van der Waals surface area (Å²) in [7, 11) is 0. The fourth-order valence-corrected chi connectivity index (χ4v) is 4.04. The predicted molar refractivity (Wildman–Crippen MR) is 126 cm³/mol. The second-order valence-corrected chi connectivity index (χ2v) is 7.83. The summed E-state index contributed by atoms with van der Waals surface area (Å²) in [5, 5.41) is 2.91. The van der Waals surface area contributed by atoms with Gasteiger partial charge in [0.15, 0.2) is 0 Å². The molecule has 6 heteroatoms. The highest BCUT2D eigenvalue weighted by atomic mass is 19.4. The van der Waals surface area contributed by atoms with E-state index in [0.717, 1.165) is 16.7 Å². The van der Waals surface area contributed by atoms with Gasteiger partial charge >= 0.3 is 6.36 Å². The Kier molecular flexibility index (Phi) is 6.68. The molecule has 0 saturated heterocycles. The van der Waals surface area contributed by atoms with Crippen LogP contribution >= 0.6 is 0 Å². The second kappa shape index (κ2) is 9.83. The van der Waals surface area contributed by atoms with Crippen LogP contribution in [0.5, 0.6) is 5.75 Å². The first kappa shape index (κ1) is 23.1. The molecule has 0 aromatic heterocycles. The lowest BCUT2D eigenvalue weighted by molar-refractivity contribution is -0.274. The summed E-state index contributed by atoms with van der Waals surface area (Å²) in [5.41, 5.74) is 1.87. The van der Waals surface area contributed by atoms with Gasteiger partial charge in [-0.05, 0) is 47.4 Å². The largest absolute Gasteiger partial charge is 0.573 e. The SMILES string of the molecule is O=C(Nc1ccc(OC(F)(F)F)cc1)C(Cc1ccccc1)(c1ccccc1)c1ccccc1. The number of rotatable bonds is 7. The monoisotopic (exact) mass is 461 g/mol. The van der Waals surface area contributed by atoms with Crippen molar-refractivity contribution in [1.29, 1.82) is 0 Å². The van der Waals surface area contributed by atoms with Crippen molar-refractivity contribution in [2.24, 2.45) is 0 Å². The van der Waals surface area contributed by atoms with Crippen molar-refractivity contribution >= 4 is 11.6 Å². The average Bonchev–Trinajstić information content (AvgIpc) is 2.84. The number of alkyl halides is 3. The fourth-order valence-electron chi connectivity index (χ4n) is 4.04. The van der Waals surface area contributed by atoms with Crippen molar-refractivity contribution in [3.8, 4) is 5.75 Å². The number of hydrogen-bond acceptors (Lipinski definition) is 2. The highest BCUT2D eigenvalue weighted by Gasteiger charge is 2.42. The van der Waals surface area contributed by atoms with Crippen LogP contribution in [0.3, 0.4) is 0 Å². The van der Waals surface area contributed by atoms with E-state index in [2.05, 4.69) is 10.1 Å². The third-order valence-corrected chi connectivity index (χ3v) is 5.58. The number of carbonyl (C=O) groups is 1. The minimum atomic E-state index is -4.78. The molecular weight excluding hydrogens is 439 g/mol. The van der Waals surface area contributed by atoms with Gasteiger partial charge < -0.3 is 10.1 Å². The Bertz CT molecular complexity index is 1170. The Morgan fingerprint density at radius 3 is 1.62 bits per heavy atom. The topological polar surface area (TPSA) is 38.3 Å². The van der Waals surface area contributed by atoms with Crippen molar-refractivity contribution in [3.63, 3.8) is 0 Å². The van der Waals surface area contributed by atoms with Gasteiger partial charge in [0.1, 0.15) is 11.2 Å². The summed E-state index contributed by atoms with van der Waals surface area (Å²) in [4.78, 5) is 14.0. The quantitative estimate of drug-likeness (QED) is 0.331. The molecular formula is C28H22F3NO2. The van der Waals surface area contributed by atoms with Crippen LogP contribution in [-0.4, -0.2) is 12.3 Å². The molecule has 1 amide bonds. The molecule has 0 aliphatic carbocycles. The summed E-state index contributed by atoms with van der Waals surface area (Å²) in [6, 6.07) is 33.8. The number of benzene rings is 4. The van der Waals surface area contributed by atoms with Crippen LogP contribution < -0.4 is 10.1 Å². The molecule has 1 N–H and O–H groups in total.